The minimum atomic E-state index is 0.221. The monoisotopic (exact) mass is 222 g/mol. The van der Waals surface area contributed by atoms with Crippen molar-refractivity contribution < 1.29 is 5.11 Å². The zero-order valence-electron chi connectivity index (χ0n) is 9.95. The summed E-state index contributed by atoms with van der Waals surface area (Å²) in [4.78, 5) is 0. The molecular weight excluding hydrogens is 200 g/mol. The summed E-state index contributed by atoms with van der Waals surface area (Å²) in [5.41, 5.74) is 8.26. The smallest absolute Gasteiger partial charge is 0.0444 e. The van der Waals surface area contributed by atoms with Crippen molar-refractivity contribution in [3.05, 3.63) is 35.4 Å². The lowest BCUT2D eigenvalue weighted by Gasteiger charge is -2.17. The normalized spacial score (nSPS) is 12.7. The summed E-state index contributed by atoms with van der Waals surface area (Å²) in [7, 11) is 0. The number of aliphatic hydroxyl groups is 1. The van der Waals surface area contributed by atoms with Crippen LogP contribution in [0.3, 0.4) is 0 Å². The van der Waals surface area contributed by atoms with Crippen LogP contribution in [0, 0.1) is 6.92 Å². The molecule has 0 saturated carbocycles. The first-order valence-electron chi connectivity index (χ1n) is 5.88. The highest BCUT2D eigenvalue weighted by molar-refractivity contribution is 5.25. The van der Waals surface area contributed by atoms with E-state index in [1.165, 1.54) is 11.1 Å². The molecule has 0 aliphatic carbocycles. The van der Waals surface area contributed by atoms with E-state index in [0.29, 0.717) is 6.54 Å². The third-order valence-corrected chi connectivity index (χ3v) is 2.66. The van der Waals surface area contributed by atoms with E-state index in [0.717, 1.165) is 19.4 Å². The standard InChI is InChI=1S/C13H22N2O/c1-11-5-4-6-12(9-11)13(10-14)15-7-2-3-8-16/h4-6,9,13,15-16H,2-3,7-8,10,14H2,1H3. The number of rotatable bonds is 7. The number of hydrogen-bond acceptors (Lipinski definition) is 3. The second-order valence-corrected chi connectivity index (χ2v) is 4.09. The molecule has 0 bridgehead atoms. The molecule has 1 aromatic rings. The Kier molecular flexibility index (Phi) is 6.08. The molecule has 1 aromatic carbocycles. The fourth-order valence-corrected chi connectivity index (χ4v) is 1.74. The highest BCUT2D eigenvalue weighted by Gasteiger charge is 2.07. The van der Waals surface area contributed by atoms with Gasteiger partial charge >= 0.3 is 0 Å². The van der Waals surface area contributed by atoms with Gasteiger partial charge in [0.1, 0.15) is 0 Å². The maximum Gasteiger partial charge on any atom is 0.0444 e. The Morgan fingerprint density at radius 3 is 2.81 bits per heavy atom. The Bertz CT molecular complexity index is 302. The van der Waals surface area contributed by atoms with Crippen LogP contribution in [0.2, 0.25) is 0 Å². The number of aliphatic hydroxyl groups excluding tert-OH is 1. The zero-order valence-corrected chi connectivity index (χ0v) is 9.95. The van der Waals surface area contributed by atoms with Crippen LogP contribution in [0.4, 0.5) is 0 Å². The molecule has 0 aliphatic heterocycles. The third-order valence-electron chi connectivity index (χ3n) is 2.66. The lowest BCUT2D eigenvalue weighted by Crippen LogP contribution is -2.29. The lowest BCUT2D eigenvalue weighted by molar-refractivity contribution is 0.282. The fraction of sp³-hybridized carbons (Fsp3) is 0.538. The predicted octanol–water partition coefficient (Wildman–Crippen LogP) is 1.36. The van der Waals surface area contributed by atoms with E-state index in [-0.39, 0.29) is 12.6 Å². The number of benzene rings is 1. The van der Waals surface area contributed by atoms with Gasteiger partial charge in [-0.2, -0.15) is 0 Å². The molecule has 0 radical (unpaired) electrons. The Labute approximate surface area is 97.7 Å². The van der Waals surface area contributed by atoms with Gasteiger partial charge < -0.3 is 16.2 Å². The molecule has 0 fully saturated rings. The molecule has 0 heterocycles. The van der Waals surface area contributed by atoms with Gasteiger partial charge in [-0.25, -0.2) is 0 Å². The summed E-state index contributed by atoms with van der Waals surface area (Å²) in [6.07, 6.45) is 1.83. The minimum Gasteiger partial charge on any atom is -0.396 e. The lowest BCUT2D eigenvalue weighted by atomic mass is 10.0. The average molecular weight is 222 g/mol. The molecule has 0 spiro atoms. The highest BCUT2D eigenvalue weighted by atomic mass is 16.2. The Morgan fingerprint density at radius 2 is 2.19 bits per heavy atom. The van der Waals surface area contributed by atoms with E-state index >= 15 is 0 Å². The number of aryl methyl sites for hydroxylation is 1. The summed E-state index contributed by atoms with van der Waals surface area (Å²) >= 11 is 0. The van der Waals surface area contributed by atoms with Gasteiger partial charge in [0, 0.05) is 19.2 Å². The van der Waals surface area contributed by atoms with Crippen molar-refractivity contribution in [2.45, 2.75) is 25.8 Å². The highest BCUT2D eigenvalue weighted by Crippen LogP contribution is 2.13. The molecule has 0 aromatic heterocycles. The topological polar surface area (TPSA) is 58.3 Å². The van der Waals surface area contributed by atoms with Crippen molar-refractivity contribution in [1.29, 1.82) is 0 Å². The second kappa shape index (κ2) is 7.39. The summed E-state index contributed by atoms with van der Waals surface area (Å²) < 4.78 is 0. The van der Waals surface area contributed by atoms with Crippen LogP contribution < -0.4 is 11.1 Å². The van der Waals surface area contributed by atoms with Crippen molar-refractivity contribution in [2.24, 2.45) is 5.73 Å². The first-order chi connectivity index (χ1) is 7.77. The first-order valence-corrected chi connectivity index (χ1v) is 5.88. The van der Waals surface area contributed by atoms with E-state index in [4.69, 9.17) is 10.8 Å². The van der Waals surface area contributed by atoms with Crippen LogP contribution in [0.1, 0.15) is 30.0 Å². The van der Waals surface area contributed by atoms with Crippen molar-refractivity contribution >= 4 is 0 Å². The van der Waals surface area contributed by atoms with Gasteiger partial charge in [-0.05, 0) is 31.9 Å². The largest absolute Gasteiger partial charge is 0.396 e. The molecule has 16 heavy (non-hydrogen) atoms. The van der Waals surface area contributed by atoms with Crippen molar-refractivity contribution in [2.75, 3.05) is 19.7 Å². The molecule has 0 aliphatic rings. The maximum atomic E-state index is 8.69. The number of hydrogen-bond donors (Lipinski definition) is 3. The van der Waals surface area contributed by atoms with Crippen molar-refractivity contribution in [3.8, 4) is 0 Å². The number of unbranched alkanes of at least 4 members (excludes halogenated alkanes) is 1. The van der Waals surface area contributed by atoms with Gasteiger partial charge in [0.2, 0.25) is 0 Å². The summed E-state index contributed by atoms with van der Waals surface area (Å²) in [5.74, 6) is 0. The first kappa shape index (κ1) is 13.2. The van der Waals surface area contributed by atoms with E-state index in [1.54, 1.807) is 0 Å². The Morgan fingerprint density at radius 1 is 1.38 bits per heavy atom. The molecular formula is C13H22N2O. The van der Waals surface area contributed by atoms with Crippen LogP contribution in [0.25, 0.3) is 0 Å². The van der Waals surface area contributed by atoms with Crippen LogP contribution in [0.15, 0.2) is 24.3 Å². The van der Waals surface area contributed by atoms with E-state index in [2.05, 4.69) is 36.5 Å². The molecule has 90 valence electrons. The van der Waals surface area contributed by atoms with Crippen molar-refractivity contribution in [3.63, 3.8) is 0 Å². The SMILES string of the molecule is Cc1cccc(C(CN)NCCCCO)c1. The Hall–Kier alpha value is -0.900. The van der Waals surface area contributed by atoms with Gasteiger partial charge in [0.15, 0.2) is 0 Å². The zero-order chi connectivity index (χ0) is 11.8. The summed E-state index contributed by atoms with van der Waals surface area (Å²) in [6, 6.07) is 8.63. The molecule has 4 N–H and O–H groups in total. The molecule has 0 amide bonds. The molecule has 1 rings (SSSR count). The van der Waals surface area contributed by atoms with Crippen LogP contribution >= 0.6 is 0 Å². The predicted molar refractivity (Wildman–Crippen MR) is 67.3 cm³/mol. The quantitative estimate of drug-likeness (QED) is 0.610. The number of nitrogens with two attached hydrogens (primary N) is 1. The van der Waals surface area contributed by atoms with Gasteiger partial charge in [0.05, 0.1) is 0 Å². The molecule has 3 heteroatoms. The molecule has 0 saturated heterocycles. The van der Waals surface area contributed by atoms with Crippen LogP contribution in [-0.4, -0.2) is 24.8 Å². The minimum absolute atomic E-state index is 0.221. The van der Waals surface area contributed by atoms with Gasteiger partial charge in [-0.1, -0.05) is 29.8 Å². The van der Waals surface area contributed by atoms with E-state index < -0.39 is 0 Å². The summed E-state index contributed by atoms with van der Waals surface area (Å²) in [6.45, 7) is 3.85. The molecule has 1 atom stereocenters. The van der Waals surface area contributed by atoms with Gasteiger partial charge in [-0.3, -0.25) is 0 Å². The second-order valence-electron chi connectivity index (χ2n) is 4.09. The summed E-state index contributed by atoms with van der Waals surface area (Å²) in [5, 5.41) is 12.1. The van der Waals surface area contributed by atoms with Crippen LogP contribution in [0.5, 0.6) is 0 Å². The third kappa shape index (κ3) is 4.31. The molecule has 1 unspecified atom stereocenters. The Balaban J connectivity index is 2.47. The van der Waals surface area contributed by atoms with Gasteiger partial charge in [-0.15, -0.1) is 0 Å². The number of nitrogens with one attached hydrogen (secondary N) is 1. The van der Waals surface area contributed by atoms with E-state index in [9.17, 15) is 0 Å². The fourth-order valence-electron chi connectivity index (χ4n) is 1.74. The van der Waals surface area contributed by atoms with Crippen molar-refractivity contribution in [1.82, 2.24) is 5.32 Å². The van der Waals surface area contributed by atoms with E-state index in [1.807, 2.05) is 0 Å². The molecule has 3 nitrogen and oxygen atoms in total. The maximum absolute atomic E-state index is 8.69. The van der Waals surface area contributed by atoms with Crippen LogP contribution in [-0.2, 0) is 0 Å². The average Bonchev–Trinajstić information content (AvgIpc) is 2.29. The van der Waals surface area contributed by atoms with Gasteiger partial charge in [0.25, 0.3) is 0 Å².